The number of carbonyl (C=O) groups is 1. The van der Waals surface area contributed by atoms with Crippen molar-refractivity contribution >= 4 is 5.91 Å². The van der Waals surface area contributed by atoms with Gasteiger partial charge < -0.3 is 5.32 Å². The van der Waals surface area contributed by atoms with Gasteiger partial charge in [-0.1, -0.05) is 38.1 Å². The van der Waals surface area contributed by atoms with Gasteiger partial charge in [0.2, 0.25) is 5.91 Å². The molecular formula is C14H18N2O. The Morgan fingerprint density at radius 1 is 1.41 bits per heavy atom. The summed E-state index contributed by atoms with van der Waals surface area (Å²) in [7, 11) is 0. The predicted molar refractivity (Wildman–Crippen MR) is 67.1 cm³/mol. The van der Waals surface area contributed by atoms with Crippen molar-refractivity contribution in [2.75, 3.05) is 0 Å². The number of nitriles is 1. The first-order valence-electron chi connectivity index (χ1n) is 5.79. The van der Waals surface area contributed by atoms with Gasteiger partial charge in [-0.25, -0.2) is 0 Å². The van der Waals surface area contributed by atoms with E-state index in [0.29, 0.717) is 12.3 Å². The highest BCUT2D eigenvalue weighted by atomic mass is 16.1. The van der Waals surface area contributed by atoms with Gasteiger partial charge in [0.15, 0.2) is 0 Å². The van der Waals surface area contributed by atoms with Gasteiger partial charge in [0.05, 0.1) is 6.07 Å². The summed E-state index contributed by atoms with van der Waals surface area (Å²) in [6.07, 6.45) is 0.448. The summed E-state index contributed by atoms with van der Waals surface area (Å²) in [6, 6.07) is 9.19. The first-order chi connectivity index (χ1) is 8.04. The molecule has 0 heterocycles. The molecule has 1 unspecified atom stereocenters. The SMILES string of the molecule is Cc1ccccc1C(C#N)NC(=O)CC(C)C. The number of rotatable bonds is 4. The molecule has 1 amide bonds. The van der Waals surface area contributed by atoms with Crippen LogP contribution in [0.5, 0.6) is 0 Å². The van der Waals surface area contributed by atoms with Crippen molar-refractivity contribution in [2.45, 2.75) is 33.2 Å². The smallest absolute Gasteiger partial charge is 0.221 e. The van der Waals surface area contributed by atoms with Gasteiger partial charge in [0.25, 0.3) is 0 Å². The van der Waals surface area contributed by atoms with Gasteiger partial charge in [0.1, 0.15) is 6.04 Å². The Balaban J connectivity index is 2.77. The number of benzene rings is 1. The lowest BCUT2D eigenvalue weighted by Gasteiger charge is -2.15. The summed E-state index contributed by atoms with van der Waals surface area (Å²) in [6.45, 7) is 5.90. The molecule has 0 aliphatic carbocycles. The maximum Gasteiger partial charge on any atom is 0.221 e. The second kappa shape index (κ2) is 6.05. The third kappa shape index (κ3) is 3.92. The zero-order chi connectivity index (χ0) is 12.8. The van der Waals surface area contributed by atoms with Crippen LogP contribution in [0.25, 0.3) is 0 Å². The third-order valence-corrected chi connectivity index (χ3v) is 2.53. The van der Waals surface area contributed by atoms with Crippen molar-refractivity contribution in [2.24, 2.45) is 5.92 Å². The normalized spacial score (nSPS) is 11.9. The minimum Gasteiger partial charge on any atom is -0.337 e. The fraction of sp³-hybridized carbons (Fsp3) is 0.429. The highest BCUT2D eigenvalue weighted by Gasteiger charge is 2.15. The molecule has 0 aliphatic heterocycles. The molecule has 0 bridgehead atoms. The molecule has 0 saturated heterocycles. The summed E-state index contributed by atoms with van der Waals surface area (Å²) in [5, 5.41) is 11.9. The predicted octanol–water partition coefficient (Wildman–Crippen LogP) is 2.72. The number of nitrogens with one attached hydrogen (secondary N) is 1. The minimum atomic E-state index is -0.553. The molecule has 1 rings (SSSR count). The second-order valence-electron chi connectivity index (χ2n) is 4.58. The van der Waals surface area contributed by atoms with Crippen molar-refractivity contribution in [3.63, 3.8) is 0 Å². The van der Waals surface area contributed by atoms with Gasteiger partial charge in [-0.2, -0.15) is 5.26 Å². The number of aryl methyl sites for hydroxylation is 1. The molecule has 3 nitrogen and oxygen atoms in total. The Morgan fingerprint density at radius 3 is 2.59 bits per heavy atom. The van der Waals surface area contributed by atoms with Crippen LogP contribution < -0.4 is 5.32 Å². The molecule has 1 atom stereocenters. The quantitative estimate of drug-likeness (QED) is 0.864. The Labute approximate surface area is 102 Å². The zero-order valence-electron chi connectivity index (χ0n) is 10.5. The molecule has 0 saturated carbocycles. The highest BCUT2D eigenvalue weighted by molar-refractivity contribution is 5.77. The molecule has 0 aliphatic rings. The van der Waals surface area contributed by atoms with E-state index >= 15 is 0 Å². The van der Waals surface area contributed by atoms with Crippen LogP contribution in [0.3, 0.4) is 0 Å². The van der Waals surface area contributed by atoms with E-state index in [4.69, 9.17) is 5.26 Å². The monoisotopic (exact) mass is 230 g/mol. The van der Waals surface area contributed by atoms with Crippen molar-refractivity contribution in [1.29, 1.82) is 5.26 Å². The second-order valence-corrected chi connectivity index (χ2v) is 4.58. The van der Waals surface area contributed by atoms with E-state index < -0.39 is 6.04 Å². The Bertz CT molecular complexity index is 432. The van der Waals surface area contributed by atoms with E-state index in [9.17, 15) is 4.79 Å². The molecule has 0 fully saturated rings. The Morgan fingerprint density at radius 2 is 2.06 bits per heavy atom. The number of hydrogen-bond acceptors (Lipinski definition) is 2. The van der Waals surface area contributed by atoms with Crippen molar-refractivity contribution in [3.05, 3.63) is 35.4 Å². The fourth-order valence-corrected chi connectivity index (χ4v) is 1.68. The van der Waals surface area contributed by atoms with Crippen LogP contribution in [-0.2, 0) is 4.79 Å². The molecule has 0 radical (unpaired) electrons. The van der Waals surface area contributed by atoms with E-state index in [-0.39, 0.29) is 5.91 Å². The number of hydrogen-bond donors (Lipinski definition) is 1. The van der Waals surface area contributed by atoms with Gasteiger partial charge in [-0.15, -0.1) is 0 Å². The molecule has 90 valence electrons. The maximum atomic E-state index is 11.6. The first kappa shape index (κ1) is 13.2. The van der Waals surface area contributed by atoms with Gasteiger partial charge in [-0.3, -0.25) is 4.79 Å². The summed E-state index contributed by atoms with van der Waals surface area (Å²) in [5.74, 6) is 0.223. The van der Waals surface area contributed by atoms with Gasteiger partial charge in [0, 0.05) is 6.42 Å². The first-order valence-corrected chi connectivity index (χ1v) is 5.79. The van der Waals surface area contributed by atoms with Crippen LogP contribution in [0.4, 0.5) is 0 Å². The standard InChI is InChI=1S/C14H18N2O/c1-10(2)8-14(17)16-13(9-15)12-7-5-4-6-11(12)3/h4-7,10,13H,8H2,1-3H3,(H,16,17). The van der Waals surface area contributed by atoms with Gasteiger partial charge in [-0.05, 0) is 24.0 Å². The molecule has 3 heteroatoms. The van der Waals surface area contributed by atoms with E-state index in [1.54, 1.807) is 0 Å². The van der Waals surface area contributed by atoms with Crippen LogP contribution in [0.15, 0.2) is 24.3 Å². The Hall–Kier alpha value is -1.82. The average Bonchev–Trinajstić information content (AvgIpc) is 2.26. The molecular weight excluding hydrogens is 212 g/mol. The van der Waals surface area contributed by atoms with Crippen LogP contribution in [0, 0.1) is 24.2 Å². The highest BCUT2D eigenvalue weighted by Crippen LogP contribution is 2.17. The van der Waals surface area contributed by atoms with E-state index in [2.05, 4.69) is 11.4 Å². The third-order valence-electron chi connectivity index (χ3n) is 2.53. The van der Waals surface area contributed by atoms with E-state index in [1.165, 1.54) is 0 Å². The van der Waals surface area contributed by atoms with Gasteiger partial charge >= 0.3 is 0 Å². The lowest BCUT2D eigenvalue weighted by Crippen LogP contribution is -2.28. The summed E-state index contributed by atoms with van der Waals surface area (Å²) in [4.78, 5) is 11.6. The van der Waals surface area contributed by atoms with Crippen molar-refractivity contribution < 1.29 is 4.79 Å². The van der Waals surface area contributed by atoms with E-state index in [1.807, 2.05) is 45.0 Å². The van der Waals surface area contributed by atoms with E-state index in [0.717, 1.165) is 11.1 Å². The fourth-order valence-electron chi connectivity index (χ4n) is 1.68. The summed E-state index contributed by atoms with van der Waals surface area (Å²) in [5.41, 5.74) is 1.89. The molecule has 17 heavy (non-hydrogen) atoms. The van der Waals surface area contributed by atoms with Crippen molar-refractivity contribution in [3.8, 4) is 6.07 Å². The summed E-state index contributed by atoms with van der Waals surface area (Å²) < 4.78 is 0. The number of carbonyl (C=O) groups excluding carboxylic acids is 1. The summed E-state index contributed by atoms with van der Waals surface area (Å²) >= 11 is 0. The molecule has 1 aromatic rings. The maximum absolute atomic E-state index is 11.6. The van der Waals surface area contributed by atoms with Crippen LogP contribution in [0.2, 0.25) is 0 Å². The molecule has 0 spiro atoms. The number of amides is 1. The zero-order valence-corrected chi connectivity index (χ0v) is 10.5. The van der Waals surface area contributed by atoms with Crippen LogP contribution in [-0.4, -0.2) is 5.91 Å². The molecule has 1 N–H and O–H groups in total. The number of nitrogens with zero attached hydrogens (tertiary/aromatic N) is 1. The lowest BCUT2D eigenvalue weighted by atomic mass is 10.0. The molecule has 0 aromatic heterocycles. The molecule has 1 aromatic carbocycles. The topological polar surface area (TPSA) is 52.9 Å². The minimum absolute atomic E-state index is 0.0743. The Kier molecular flexibility index (Phi) is 4.71. The average molecular weight is 230 g/mol. The van der Waals surface area contributed by atoms with Crippen molar-refractivity contribution in [1.82, 2.24) is 5.32 Å². The van der Waals surface area contributed by atoms with Crippen LogP contribution >= 0.6 is 0 Å². The van der Waals surface area contributed by atoms with Crippen LogP contribution in [0.1, 0.15) is 37.4 Å². The lowest BCUT2D eigenvalue weighted by molar-refractivity contribution is -0.122. The largest absolute Gasteiger partial charge is 0.337 e.